The number of para-hydroxylation sites is 1. The van der Waals surface area contributed by atoms with Gasteiger partial charge < -0.3 is 15.7 Å². The van der Waals surface area contributed by atoms with Crippen molar-refractivity contribution in [2.75, 3.05) is 11.9 Å². The average molecular weight is 513 g/mol. The highest BCUT2D eigenvalue weighted by Crippen LogP contribution is 2.46. The molecule has 0 fully saturated rings. The molecule has 0 spiro atoms. The molecule has 6 heteroatoms. The van der Waals surface area contributed by atoms with Gasteiger partial charge in [0.2, 0.25) is 0 Å². The van der Waals surface area contributed by atoms with E-state index in [9.17, 15) is 14.0 Å². The Balaban J connectivity index is 0.00000107. The summed E-state index contributed by atoms with van der Waals surface area (Å²) in [4.78, 5) is 27.3. The SMILES string of the molecule is CC1=C(C(=O)Nc2ccccc2F)C(c2ccccc2C)C2=C(CC(c3ccccc3)CC2=O)N1.CCO. The molecule has 0 bridgehead atoms. The molecular formula is C32H33FN2O3. The molecule has 0 saturated carbocycles. The first-order chi connectivity index (χ1) is 18.3. The quantitative estimate of drug-likeness (QED) is 0.393. The van der Waals surface area contributed by atoms with Gasteiger partial charge in [0.25, 0.3) is 5.91 Å². The molecule has 5 nitrogen and oxygen atoms in total. The normalized spacial score (nSPS) is 18.7. The largest absolute Gasteiger partial charge is 0.397 e. The maximum absolute atomic E-state index is 14.3. The van der Waals surface area contributed by atoms with Gasteiger partial charge in [0.15, 0.2) is 5.78 Å². The van der Waals surface area contributed by atoms with E-state index >= 15 is 0 Å². The maximum atomic E-state index is 14.3. The Hall–Kier alpha value is -4.03. The monoisotopic (exact) mass is 512 g/mol. The van der Waals surface area contributed by atoms with Crippen LogP contribution in [0.3, 0.4) is 0 Å². The standard InChI is InChI=1S/C30H27FN2O2.C2H6O/c1-18-10-6-7-13-22(18)28-27(30(35)33-24-15-9-8-14-23(24)31)19(2)32-25-16-21(17-26(34)29(25)28)20-11-4-3-5-12-20;1-2-3/h3-15,21,28,32H,16-17H2,1-2H3,(H,33,35);3H,2H2,1H3. The molecule has 1 aliphatic carbocycles. The van der Waals surface area contributed by atoms with Crippen LogP contribution in [0.2, 0.25) is 0 Å². The average Bonchev–Trinajstić information content (AvgIpc) is 2.90. The van der Waals surface area contributed by atoms with E-state index in [4.69, 9.17) is 5.11 Å². The van der Waals surface area contributed by atoms with Gasteiger partial charge in [-0.2, -0.15) is 0 Å². The van der Waals surface area contributed by atoms with E-state index in [1.165, 1.54) is 12.1 Å². The highest BCUT2D eigenvalue weighted by Gasteiger charge is 2.41. The van der Waals surface area contributed by atoms with Crippen molar-refractivity contribution >= 4 is 17.4 Å². The number of allylic oxidation sites excluding steroid dienone is 3. The molecule has 0 aromatic heterocycles. The summed E-state index contributed by atoms with van der Waals surface area (Å²) >= 11 is 0. The Bertz CT molecular complexity index is 1390. The summed E-state index contributed by atoms with van der Waals surface area (Å²) in [6.07, 6.45) is 1.07. The number of aliphatic hydroxyl groups is 1. The lowest BCUT2D eigenvalue weighted by atomic mass is 9.71. The summed E-state index contributed by atoms with van der Waals surface area (Å²) in [5.74, 6) is -1.34. The zero-order chi connectivity index (χ0) is 27.2. The van der Waals surface area contributed by atoms with Crippen LogP contribution in [0.4, 0.5) is 10.1 Å². The van der Waals surface area contributed by atoms with Crippen molar-refractivity contribution in [1.29, 1.82) is 0 Å². The van der Waals surface area contributed by atoms with Gasteiger partial charge in [-0.1, -0.05) is 66.7 Å². The third-order valence-corrected chi connectivity index (χ3v) is 6.96. The predicted octanol–water partition coefficient (Wildman–Crippen LogP) is 6.13. The van der Waals surface area contributed by atoms with Gasteiger partial charge in [-0.15, -0.1) is 0 Å². The first-order valence-electron chi connectivity index (χ1n) is 12.9. The van der Waals surface area contributed by atoms with Crippen LogP contribution in [0.1, 0.15) is 55.2 Å². The summed E-state index contributed by atoms with van der Waals surface area (Å²) in [6, 6.07) is 24.0. The fourth-order valence-corrected chi connectivity index (χ4v) is 5.27. The van der Waals surface area contributed by atoms with Crippen molar-refractivity contribution in [3.63, 3.8) is 0 Å². The number of halogens is 1. The van der Waals surface area contributed by atoms with E-state index in [0.717, 1.165) is 22.4 Å². The Kier molecular flexibility index (Phi) is 8.54. The number of nitrogens with one attached hydrogen (secondary N) is 2. The minimum Gasteiger partial charge on any atom is -0.397 e. The highest BCUT2D eigenvalue weighted by atomic mass is 19.1. The molecule has 1 amide bonds. The van der Waals surface area contributed by atoms with Crippen molar-refractivity contribution < 1.29 is 19.1 Å². The number of anilines is 1. The maximum Gasteiger partial charge on any atom is 0.254 e. The lowest BCUT2D eigenvalue weighted by molar-refractivity contribution is -0.116. The van der Waals surface area contributed by atoms with Crippen LogP contribution in [0.5, 0.6) is 0 Å². The van der Waals surface area contributed by atoms with Gasteiger partial charge >= 0.3 is 0 Å². The molecular weight excluding hydrogens is 479 g/mol. The number of dihydropyridines is 1. The summed E-state index contributed by atoms with van der Waals surface area (Å²) in [6.45, 7) is 5.77. The zero-order valence-electron chi connectivity index (χ0n) is 21.9. The van der Waals surface area contributed by atoms with E-state index in [2.05, 4.69) is 22.8 Å². The van der Waals surface area contributed by atoms with Gasteiger partial charge in [-0.05, 0) is 61.9 Å². The molecule has 2 unspecified atom stereocenters. The van der Waals surface area contributed by atoms with Gasteiger partial charge in [0, 0.05) is 41.5 Å². The Labute approximate surface area is 223 Å². The van der Waals surface area contributed by atoms with Gasteiger partial charge in [0.05, 0.1) is 5.69 Å². The Morgan fingerprint density at radius 2 is 1.61 bits per heavy atom. The summed E-state index contributed by atoms with van der Waals surface area (Å²) in [5, 5.41) is 13.7. The third kappa shape index (κ3) is 5.60. The van der Waals surface area contributed by atoms with E-state index in [-0.39, 0.29) is 24.0 Å². The zero-order valence-corrected chi connectivity index (χ0v) is 21.9. The molecule has 3 aromatic carbocycles. The molecule has 0 radical (unpaired) electrons. The van der Waals surface area contributed by atoms with E-state index in [1.54, 1.807) is 19.1 Å². The summed E-state index contributed by atoms with van der Waals surface area (Å²) in [7, 11) is 0. The molecule has 38 heavy (non-hydrogen) atoms. The molecule has 2 aliphatic rings. The number of ketones is 1. The number of carbonyl (C=O) groups is 2. The number of amides is 1. The number of Topliss-reactive ketones (excluding diaryl/α,β-unsaturated/α-hetero) is 1. The number of aryl methyl sites for hydroxylation is 1. The smallest absolute Gasteiger partial charge is 0.254 e. The fraction of sp³-hybridized carbons (Fsp3) is 0.250. The lowest BCUT2D eigenvalue weighted by Gasteiger charge is -2.37. The lowest BCUT2D eigenvalue weighted by Crippen LogP contribution is -2.37. The first-order valence-corrected chi connectivity index (χ1v) is 12.9. The van der Waals surface area contributed by atoms with Gasteiger partial charge in [-0.25, -0.2) is 4.39 Å². The van der Waals surface area contributed by atoms with E-state index in [0.29, 0.717) is 29.7 Å². The second-order valence-electron chi connectivity index (χ2n) is 9.53. The van der Waals surface area contributed by atoms with E-state index < -0.39 is 17.6 Å². The molecule has 1 aliphatic heterocycles. The molecule has 1 heterocycles. The molecule has 3 N–H and O–H groups in total. The second-order valence-corrected chi connectivity index (χ2v) is 9.53. The first kappa shape index (κ1) is 27.0. The van der Waals surface area contributed by atoms with Gasteiger partial charge in [-0.3, -0.25) is 9.59 Å². The van der Waals surface area contributed by atoms with Crippen LogP contribution < -0.4 is 10.6 Å². The van der Waals surface area contributed by atoms with Crippen molar-refractivity contribution in [2.45, 2.75) is 45.4 Å². The van der Waals surface area contributed by atoms with Crippen LogP contribution in [0.25, 0.3) is 0 Å². The predicted molar refractivity (Wildman–Crippen MR) is 148 cm³/mol. The van der Waals surface area contributed by atoms with Crippen molar-refractivity contribution in [3.05, 3.63) is 124 Å². The molecule has 3 aromatic rings. The minimum atomic E-state index is -0.525. The third-order valence-electron chi connectivity index (χ3n) is 6.96. The summed E-state index contributed by atoms with van der Waals surface area (Å²) < 4.78 is 14.3. The van der Waals surface area contributed by atoms with Crippen molar-refractivity contribution in [1.82, 2.24) is 5.32 Å². The fourth-order valence-electron chi connectivity index (χ4n) is 5.27. The van der Waals surface area contributed by atoms with Crippen molar-refractivity contribution in [3.8, 4) is 0 Å². The molecule has 196 valence electrons. The Morgan fingerprint density at radius 3 is 2.29 bits per heavy atom. The van der Waals surface area contributed by atoms with Crippen LogP contribution in [0, 0.1) is 12.7 Å². The molecule has 0 saturated heterocycles. The van der Waals surface area contributed by atoms with Crippen molar-refractivity contribution in [2.24, 2.45) is 0 Å². The summed E-state index contributed by atoms with van der Waals surface area (Å²) in [5.41, 5.74) is 5.75. The van der Waals surface area contributed by atoms with Crippen LogP contribution in [-0.4, -0.2) is 23.4 Å². The molecule has 5 rings (SSSR count). The molecule has 2 atom stereocenters. The Morgan fingerprint density at radius 1 is 0.974 bits per heavy atom. The second kappa shape index (κ2) is 12.0. The van der Waals surface area contributed by atoms with E-state index in [1.807, 2.05) is 56.3 Å². The number of aliphatic hydroxyl groups excluding tert-OH is 1. The topological polar surface area (TPSA) is 78.4 Å². The van der Waals surface area contributed by atoms with Crippen LogP contribution >= 0.6 is 0 Å². The number of hydrogen-bond acceptors (Lipinski definition) is 4. The number of benzene rings is 3. The minimum absolute atomic E-state index is 0.0320. The number of rotatable bonds is 4. The van der Waals surface area contributed by atoms with Gasteiger partial charge in [0.1, 0.15) is 5.82 Å². The number of hydrogen-bond donors (Lipinski definition) is 3. The van der Waals surface area contributed by atoms with Crippen LogP contribution in [0.15, 0.2) is 101 Å². The van der Waals surface area contributed by atoms with Crippen LogP contribution in [-0.2, 0) is 9.59 Å². The highest BCUT2D eigenvalue weighted by molar-refractivity contribution is 6.10. The number of carbonyl (C=O) groups excluding carboxylic acids is 2.